The van der Waals surface area contributed by atoms with Gasteiger partial charge in [-0.05, 0) is 31.0 Å². The summed E-state index contributed by atoms with van der Waals surface area (Å²) in [5.74, 6) is 0.443. The lowest BCUT2D eigenvalue weighted by Gasteiger charge is -2.14. The van der Waals surface area contributed by atoms with Crippen molar-refractivity contribution in [1.82, 2.24) is 0 Å². The zero-order chi connectivity index (χ0) is 12.4. The predicted molar refractivity (Wildman–Crippen MR) is 63.8 cm³/mol. The molecular weight excluding hydrogens is 218 g/mol. The Labute approximate surface area is 101 Å². The van der Waals surface area contributed by atoms with E-state index in [0.29, 0.717) is 13.0 Å². The first kappa shape index (κ1) is 11.9. The second-order valence-corrected chi connectivity index (χ2v) is 4.38. The Bertz CT molecular complexity index is 429. The molecule has 0 bridgehead atoms. The number of nitrogens with two attached hydrogens (primary N) is 1. The highest BCUT2D eigenvalue weighted by atomic mass is 16.6. The van der Waals surface area contributed by atoms with Gasteiger partial charge in [-0.2, -0.15) is 0 Å². The molecule has 1 aromatic rings. The number of benzene rings is 1. The van der Waals surface area contributed by atoms with Gasteiger partial charge in [0.1, 0.15) is 5.75 Å². The molecule has 0 radical (unpaired) electrons. The summed E-state index contributed by atoms with van der Waals surface area (Å²) in [6.45, 7) is 4.33. The Balaban J connectivity index is 2.14. The minimum Gasteiger partial charge on any atom is -0.478 e. The third-order valence-corrected chi connectivity index (χ3v) is 2.88. The number of esters is 1. The maximum Gasteiger partial charge on any atom is 0.347 e. The average molecular weight is 235 g/mol. The summed E-state index contributed by atoms with van der Waals surface area (Å²) in [5.41, 5.74) is 7.85. The van der Waals surface area contributed by atoms with Crippen molar-refractivity contribution in [3.63, 3.8) is 0 Å². The van der Waals surface area contributed by atoms with Crippen molar-refractivity contribution in [2.75, 3.05) is 6.61 Å². The Morgan fingerprint density at radius 2 is 2.29 bits per heavy atom. The van der Waals surface area contributed by atoms with E-state index in [1.165, 1.54) is 0 Å². The van der Waals surface area contributed by atoms with Crippen molar-refractivity contribution in [1.29, 1.82) is 0 Å². The van der Waals surface area contributed by atoms with Crippen LogP contribution in [0.3, 0.4) is 0 Å². The molecule has 1 aliphatic heterocycles. The maximum atomic E-state index is 11.3. The van der Waals surface area contributed by atoms with Gasteiger partial charge in [-0.3, -0.25) is 0 Å². The minimum atomic E-state index is -0.463. The molecule has 2 N–H and O–H groups in total. The number of hydrogen-bond donors (Lipinski definition) is 1. The van der Waals surface area contributed by atoms with E-state index < -0.39 is 6.10 Å². The number of cyclic esters (lactones) is 1. The van der Waals surface area contributed by atoms with Gasteiger partial charge in [-0.25, -0.2) is 4.79 Å². The Hall–Kier alpha value is -1.55. The summed E-state index contributed by atoms with van der Waals surface area (Å²) in [4.78, 5) is 11.3. The van der Waals surface area contributed by atoms with Crippen LogP contribution in [-0.2, 0) is 9.53 Å². The standard InChI is InChI=1S/C13H17NO3/c1-8-7-10(9(2)14)3-4-11(8)17-12-5-6-16-13(12)15/h3-4,7,9,12H,5-6,14H2,1-2H3/t9-,12?/m1/s1. The molecule has 0 aliphatic carbocycles. The average Bonchev–Trinajstić information content (AvgIpc) is 2.67. The van der Waals surface area contributed by atoms with Gasteiger partial charge in [-0.15, -0.1) is 0 Å². The minimum absolute atomic E-state index is 0.000745. The van der Waals surface area contributed by atoms with Crippen molar-refractivity contribution < 1.29 is 14.3 Å². The third-order valence-electron chi connectivity index (χ3n) is 2.88. The first-order valence-corrected chi connectivity index (χ1v) is 5.77. The van der Waals surface area contributed by atoms with Crippen molar-refractivity contribution >= 4 is 5.97 Å². The van der Waals surface area contributed by atoms with E-state index in [2.05, 4.69) is 0 Å². The fraction of sp³-hybridized carbons (Fsp3) is 0.462. The fourth-order valence-corrected chi connectivity index (χ4v) is 1.83. The number of aryl methyl sites for hydroxylation is 1. The monoisotopic (exact) mass is 235 g/mol. The van der Waals surface area contributed by atoms with E-state index in [1.54, 1.807) is 0 Å². The van der Waals surface area contributed by atoms with Crippen LogP contribution >= 0.6 is 0 Å². The van der Waals surface area contributed by atoms with Gasteiger partial charge in [0.25, 0.3) is 0 Å². The second kappa shape index (κ2) is 4.75. The lowest BCUT2D eigenvalue weighted by molar-refractivity contribution is -0.143. The van der Waals surface area contributed by atoms with Crippen LogP contribution in [0.25, 0.3) is 0 Å². The molecule has 1 fully saturated rings. The maximum absolute atomic E-state index is 11.3. The van der Waals surface area contributed by atoms with Crippen LogP contribution in [0.5, 0.6) is 5.75 Å². The topological polar surface area (TPSA) is 61.6 Å². The van der Waals surface area contributed by atoms with Crippen LogP contribution in [0.2, 0.25) is 0 Å². The van der Waals surface area contributed by atoms with Crippen molar-refractivity contribution in [2.45, 2.75) is 32.4 Å². The summed E-state index contributed by atoms with van der Waals surface area (Å²) in [6, 6.07) is 5.77. The van der Waals surface area contributed by atoms with E-state index >= 15 is 0 Å². The van der Waals surface area contributed by atoms with E-state index in [4.69, 9.17) is 15.2 Å². The van der Waals surface area contributed by atoms with Gasteiger partial charge in [0.2, 0.25) is 0 Å². The molecule has 0 aromatic heterocycles. The van der Waals surface area contributed by atoms with Crippen LogP contribution in [0.4, 0.5) is 0 Å². The lowest BCUT2D eigenvalue weighted by atomic mass is 10.1. The van der Waals surface area contributed by atoms with E-state index in [-0.39, 0.29) is 12.0 Å². The van der Waals surface area contributed by atoms with Gasteiger partial charge in [0, 0.05) is 12.5 Å². The molecule has 92 valence electrons. The molecule has 1 aromatic carbocycles. The molecule has 1 aliphatic rings. The normalized spacial score (nSPS) is 21.1. The molecule has 4 heteroatoms. The number of carbonyl (C=O) groups excluding carboxylic acids is 1. The zero-order valence-corrected chi connectivity index (χ0v) is 10.1. The van der Waals surface area contributed by atoms with E-state index in [9.17, 15) is 4.79 Å². The van der Waals surface area contributed by atoms with Gasteiger partial charge in [-0.1, -0.05) is 12.1 Å². The summed E-state index contributed by atoms with van der Waals surface area (Å²) in [7, 11) is 0. The van der Waals surface area contributed by atoms with Crippen molar-refractivity contribution in [2.24, 2.45) is 5.73 Å². The van der Waals surface area contributed by atoms with E-state index in [1.807, 2.05) is 32.0 Å². The molecule has 0 spiro atoms. The highest BCUT2D eigenvalue weighted by Crippen LogP contribution is 2.24. The Morgan fingerprint density at radius 3 is 2.82 bits per heavy atom. The zero-order valence-electron chi connectivity index (χ0n) is 10.1. The Morgan fingerprint density at radius 1 is 1.53 bits per heavy atom. The number of ether oxygens (including phenoxy) is 2. The molecule has 2 rings (SSSR count). The second-order valence-electron chi connectivity index (χ2n) is 4.38. The summed E-state index contributed by atoms with van der Waals surface area (Å²) < 4.78 is 10.5. The van der Waals surface area contributed by atoms with Crippen LogP contribution in [0, 0.1) is 6.92 Å². The van der Waals surface area contributed by atoms with E-state index in [0.717, 1.165) is 16.9 Å². The van der Waals surface area contributed by atoms with Gasteiger partial charge in [0.05, 0.1) is 6.61 Å². The van der Waals surface area contributed by atoms with Gasteiger partial charge >= 0.3 is 5.97 Å². The van der Waals surface area contributed by atoms with Crippen molar-refractivity contribution in [3.8, 4) is 5.75 Å². The third kappa shape index (κ3) is 2.58. The van der Waals surface area contributed by atoms with Gasteiger partial charge in [0.15, 0.2) is 6.10 Å². The first-order valence-electron chi connectivity index (χ1n) is 5.77. The quantitative estimate of drug-likeness (QED) is 0.810. The smallest absolute Gasteiger partial charge is 0.347 e. The molecule has 2 atom stereocenters. The molecule has 4 nitrogen and oxygen atoms in total. The largest absolute Gasteiger partial charge is 0.478 e. The molecule has 17 heavy (non-hydrogen) atoms. The fourth-order valence-electron chi connectivity index (χ4n) is 1.83. The molecule has 0 amide bonds. The van der Waals surface area contributed by atoms with Crippen LogP contribution < -0.4 is 10.5 Å². The van der Waals surface area contributed by atoms with Crippen LogP contribution in [-0.4, -0.2) is 18.7 Å². The molecule has 1 saturated heterocycles. The molecule has 0 saturated carbocycles. The first-order chi connectivity index (χ1) is 8.08. The highest BCUT2D eigenvalue weighted by Gasteiger charge is 2.28. The molecular formula is C13H17NO3. The number of rotatable bonds is 3. The van der Waals surface area contributed by atoms with Crippen molar-refractivity contribution in [3.05, 3.63) is 29.3 Å². The van der Waals surface area contributed by atoms with Crippen LogP contribution in [0.1, 0.15) is 30.5 Å². The SMILES string of the molecule is Cc1cc([C@@H](C)N)ccc1OC1CCOC1=O. The molecule has 1 unspecified atom stereocenters. The number of carbonyl (C=O) groups is 1. The summed E-state index contributed by atoms with van der Waals surface area (Å²) >= 11 is 0. The summed E-state index contributed by atoms with van der Waals surface area (Å²) in [5, 5.41) is 0. The number of hydrogen-bond acceptors (Lipinski definition) is 4. The summed E-state index contributed by atoms with van der Waals surface area (Å²) in [6.07, 6.45) is 0.155. The molecule has 1 heterocycles. The van der Waals surface area contributed by atoms with Gasteiger partial charge < -0.3 is 15.2 Å². The Kier molecular flexibility index (Phi) is 3.33. The predicted octanol–water partition coefficient (Wildman–Crippen LogP) is 1.71. The highest BCUT2D eigenvalue weighted by molar-refractivity contribution is 5.76. The van der Waals surface area contributed by atoms with Crippen LogP contribution in [0.15, 0.2) is 18.2 Å². The lowest BCUT2D eigenvalue weighted by Crippen LogP contribution is -2.22.